The predicted molar refractivity (Wildman–Crippen MR) is 87.9 cm³/mol. The highest BCUT2D eigenvalue weighted by Gasteiger charge is 2.29. The van der Waals surface area contributed by atoms with Gasteiger partial charge in [-0.3, -0.25) is 4.79 Å². The Morgan fingerprint density at radius 1 is 1.19 bits per heavy atom. The molecule has 1 heterocycles. The predicted octanol–water partition coefficient (Wildman–Crippen LogP) is 1.65. The molecule has 0 N–H and O–H groups in total. The number of rotatable bonds is 4. The van der Waals surface area contributed by atoms with Crippen molar-refractivity contribution in [1.82, 2.24) is 9.21 Å². The summed E-state index contributed by atoms with van der Waals surface area (Å²) in [5.41, 5.74) is 0. The number of nitrogens with zero attached hydrogens (tertiary/aromatic N) is 2. The maximum absolute atomic E-state index is 12.5. The van der Waals surface area contributed by atoms with E-state index < -0.39 is 10.0 Å². The van der Waals surface area contributed by atoms with Crippen LogP contribution in [0.3, 0.4) is 0 Å². The Balaban J connectivity index is 2.04. The van der Waals surface area contributed by atoms with Gasteiger partial charge in [0.15, 0.2) is 0 Å². The maximum atomic E-state index is 12.5. The van der Waals surface area contributed by atoms with Gasteiger partial charge in [0.25, 0.3) is 0 Å². The van der Waals surface area contributed by atoms with Crippen LogP contribution in [-0.4, -0.2) is 61.7 Å². The summed E-state index contributed by atoms with van der Waals surface area (Å²) in [4.78, 5) is 13.8. The SMILES string of the molecule is CSCC(=O)N1CCN(S(=O)(=O)c2ccc(Br)cc2)CC1. The lowest BCUT2D eigenvalue weighted by Gasteiger charge is -2.34. The van der Waals surface area contributed by atoms with E-state index in [-0.39, 0.29) is 10.8 Å². The average molecular weight is 393 g/mol. The monoisotopic (exact) mass is 392 g/mol. The molecular weight excluding hydrogens is 376 g/mol. The molecule has 0 unspecified atom stereocenters. The van der Waals surface area contributed by atoms with Crippen LogP contribution in [-0.2, 0) is 14.8 Å². The number of piperazine rings is 1. The van der Waals surface area contributed by atoms with E-state index in [1.54, 1.807) is 29.2 Å². The molecule has 8 heteroatoms. The van der Waals surface area contributed by atoms with E-state index in [1.165, 1.54) is 16.1 Å². The smallest absolute Gasteiger partial charge is 0.243 e. The highest BCUT2D eigenvalue weighted by molar-refractivity contribution is 9.10. The molecule has 1 saturated heterocycles. The molecule has 0 aromatic heterocycles. The summed E-state index contributed by atoms with van der Waals surface area (Å²) in [6, 6.07) is 6.60. The Bertz CT molecular complexity index is 596. The van der Waals surface area contributed by atoms with Gasteiger partial charge in [0, 0.05) is 30.7 Å². The van der Waals surface area contributed by atoms with Crippen LogP contribution >= 0.6 is 27.7 Å². The van der Waals surface area contributed by atoms with Crippen LogP contribution in [0, 0.1) is 0 Å². The minimum atomic E-state index is -3.47. The molecule has 0 spiro atoms. The Hall–Kier alpha value is -0.570. The fraction of sp³-hybridized carbons (Fsp3) is 0.462. The zero-order valence-electron chi connectivity index (χ0n) is 11.7. The molecule has 21 heavy (non-hydrogen) atoms. The molecule has 1 aliphatic rings. The highest BCUT2D eigenvalue weighted by Crippen LogP contribution is 2.20. The minimum Gasteiger partial charge on any atom is -0.339 e. The molecule has 1 fully saturated rings. The van der Waals surface area contributed by atoms with Crippen LogP contribution in [0.5, 0.6) is 0 Å². The second-order valence-corrected chi connectivity index (χ2v) is 8.39. The number of hydrogen-bond donors (Lipinski definition) is 0. The first-order valence-electron chi connectivity index (χ1n) is 6.47. The molecule has 1 amide bonds. The number of benzene rings is 1. The first kappa shape index (κ1) is 16.8. The largest absolute Gasteiger partial charge is 0.339 e. The first-order valence-corrected chi connectivity index (χ1v) is 10.1. The number of halogens is 1. The van der Waals surface area contributed by atoms with Gasteiger partial charge in [-0.15, -0.1) is 0 Å². The summed E-state index contributed by atoms with van der Waals surface area (Å²) in [6.45, 7) is 1.60. The average Bonchev–Trinajstić information content (AvgIpc) is 2.48. The fourth-order valence-electron chi connectivity index (χ4n) is 2.15. The molecule has 0 aliphatic carbocycles. The van der Waals surface area contributed by atoms with Crippen LogP contribution in [0.25, 0.3) is 0 Å². The minimum absolute atomic E-state index is 0.0724. The van der Waals surface area contributed by atoms with Crippen molar-refractivity contribution in [2.45, 2.75) is 4.90 Å². The number of hydrogen-bond acceptors (Lipinski definition) is 4. The zero-order valence-corrected chi connectivity index (χ0v) is 14.9. The van der Waals surface area contributed by atoms with Gasteiger partial charge in [-0.05, 0) is 30.5 Å². The van der Waals surface area contributed by atoms with Crippen LogP contribution in [0.4, 0.5) is 0 Å². The lowest BCUT2D eigenvalue weighted by atomic mass is 10.3. The first-order chi connectivity index (χ1) is 9.95. The van der Waals surface area contributed by atoms with Gasteiger partial charge < -0.3 is 4.90 Å². The Kier molecular flexibility index (Phi) is 5.70. The molecule has 116 valence electrons. The van der Waals surface area contributed by atoms with Gasteiger partial charge in [0.1, 0.15) is 0 Å². The van der Waals surface area contributed by atoms with Gasteiger partial charge >= 0.3 is 0 Å². The van der Waals surface area contributed by atoms with Crippen molar-refractivity contribution < 1.29 is 13.2 Å². The lowest BCUT2D eigenvalue weighted by Crippen LogP contribution is -2.50. The second kappa shape index (κ2) is 7.13. The van der Waals surface area contributed by atoms with Crippen molar-refractivity contribution in [2.24, 2.45) is 0 Å². The van der Waals surface area contributed by atoms with E-state index in [4.69, 9.17) is 0 Å². The molecule has 0 bridgehead atoms. The molecule has 1 aliphatic heterocycles. The summed E-state index contributed by atoms with van der Waals surface area (Å²) >= 11 is 4.77. The molecule has 0 saturated carbocycles. The van der Waals surface area contributed by atoms with E-state index >= 15 is 0 Å². The third-order valence-electron chi connectivity index (χ3n) is 3.31. The number of carbonyl (C=O) groups excluding carboxylic acids is 1. The van der Waals surface area contributed by atoms with Crippen molar-refractivity contribution in [1.29, 1.82) is 0 Å². The molecule has 2 rings (SSSR count). The lowest BCUT2D eigenvalue weighted by molar-refractivity contribution is -0.129. The molecule has 1 aromatic carbocycles. The number of thioether (sulfide) groups is 1. The Labute approximate surface area is 137 Å². The van der Waals surface area contributed by atoms with Crippen LogP contribution in [0.1, 0.15) is 0 Å². The number of carbonyl (C=O) groups is 1. The Morgan fingerprint density at radius 3 is 2.29 bits per heavy atom. The third-order valence-corrected chi connectivity index (χ3v) is 6.29. The summed E-state index contributed by atoms with van der Waals surface area (Å²) in [7, 11) is -3.47. The van der Waals surface area contributed by atoms with Gasteiger partial charge in [-0.25, -0.2) is 8.42 Å². The van der Waals surface area contributed by atoms with E-state index in [2.05, 4.69) is 15.9 Å². The third kappa shape index (κ3) is 4.00. The molecular formula is C13H17BrN2O3S2. The fourth-order valence-corrected chi connectivity index (χ4v) is 4.26. The van der Waals surface area contributed by atoms with Gasteiger partial charge in [-0.1, -0.05) is 15.9 Å². The van der Waals surface area contributed by atoms with E-state index in [9.17, 15) is 13.2 Å². The quantitative estimate of drug-likeness (QED) is 0.781. The summed E-state index contributed by atoms with van der Waals surface area (Å²) in [5, 5.41) is 0. The highest BCUT2D eigenvalue weighted by atomic mass is 79.9. The van der Waals surface area contributed by atoms with Crippen LogP contribution < -0.4 is 0 Å². The summed E-state index contributed by atoms with van der Waals surface area (Å²) in [5.74, 6) is 0.516. The van der Waals surface area contributed by atoms with Gasteiger partial charge in [0.2, 0.25) is 15.9 Å². The molecule has 1 aromatic rings. The Morgan fingerprint density at radius 2 is 1.76 bits per heavy atom. The second-order valence-electron chi connectivity index (χ2n) is 4.67. The topological polar surface area (TPSA) is 57.7 Å². The zero-order chi connectivity index (χ0) is 15.5. The molecule has 0 radical (unpaired) electrons. The van der Waals surface area contributed by atoms with Crippen LogP contribution in [0.2, 0.25) is 0 Å². The van der Waals surface area contributed by atoms with E-state index in [0.717, 1.165) is 4.47 Å². The summed E-state index contributed by atoms with van der Waals surface area (Å²) < 4.78 is 27.3. The van der Waals surface area contributed by atoms with E-state index in [1.807, 2.05) is 6.26 Å². The van der Waals surface area contributed by atoms with Gasteiger partial charge in [0.05, 0.1) is 10.6 Å². The normalized spacial score (nSPS) is 17.0. The van der Waals surface area contributed by atoms with Crippen molar-refractivity contribution >= 4 is 43.6 Å². The summed E-state index contributed by atoms with van der Waals surface area (Å²) in [6.07, 6.45) is 1.88. The number of sulfonamides is 1. The standard InChI is InChI=1S/C13H17BrN2O3S2/c1-20-10-13(17)15-6-8-16(9-7-15)21(18,19)12-4-2-11(14)3-5-12/h2-5H,6-10H2,1H3. The molecule has 0 atom stereocenters. The van der Waals surface area contributed by atoms with Crippen molar-refractivity contribution in [2.75, 3.05) is 38.2 Å². The van der Waals surface area contributed by atoms with Crippen molar-refractivity contribution in [3.63, 3.8) is 0 Å². The van der Waals surface area contributed by atoms with Crippen molar-refractivity contribution in [3.05, 3.63) is 28.7 Å². The van der Waals surface area contributed by atoms with Crippen molar-refractivity contribution in [3.8, 4) is 0 Å². The molecule has 5 nitrogen and oxygen atoms in total. The van der Waals surface area contributed by atoms with Gasteiger partial charge in [-0.2, -0.15) is 16.1 Å². The maximum Gasteiger partial charge on any atom is 0.243 e. The van der Waals surface area contributed by atoms with E-state index in [0.29, 0.717) is 31.9 Å². The number of amides is 1. The van der Waals surface area contributed by atoms with Crippen LogP contribution in [0.15, 0.2) is 33.6 Å².